The number of carboxylic acids is 1. The van der Waals surface area contributed by atoms with Gasteiger partial charge in [0.05, 0.1) is 0 Å². The topological polar surface area (TPSA) is 77.8 Å². The Morgan fingerprint density at radius 2 is 2.17 bits per heavy atom. The first-order chi connectivity index (χ1) is 5.54. The van der Waals surface area contributed by atoms with Crippen molar-refractivity contribution in [2.24, 2.45) is 5.92 Å². The fraction of sp³-hybridized carbons (Fsp3) is 0.714. The monoisotopic (exact) mass is 175 g/mol. The first kappa shape index (κ1) is 10.9. The molecule has 0 heterocycles. The normalized spacial score (nSPS) is 14.9. The first-order valence-corrected chi connectivity index (χ1v) is 3.69. The molecule has 2 unspecified atom stereocenters. The lowest BCUT2D eigenvalue weighted by Crippen LogP contribution is -2.42. The van der Waals surface area contributed by atoms with E-state index in [1.807, 2.05) is 0 Å². The van der Waals surface area contributed by atoms with E-state index >= 15 is 0 Å². The Morgan fingerprint density at radius 3 is 2.42 bits per heavy atom. The van der Waals surface area contributed by atoms with E-state index in [1.165, 1.54) is 0 Å². The standard InChI is InChI=1S/C7H13NO4/c1-3-5(2)6(7(10)11)8(12)4-9/h4-6,12H,3H2,1-2H3,(H,10,11). The molecule has 0 radical (unpaired) electrons. The molecule has 5 heteroatoms. The number of carbonyl (C=O) groups is 2. The van der Waals surface area contributed by atoms with Gasteiger partial charge >= 0.3 is 5.97 Å². The Kier molecular flexibility index (Phi) is 4.28. The number of nitrogens with zero attached hydrogens (tertiary/aromatic N) is 1. The number of hydroxylamine groups is 2. The van der Waals surface area contributed by atoms with Crippen molar-refractivity contribution in [2.45, 2.75) is 26.3 Å². The van der Waals surface area contributed by atoms with Gasteiger partial charge in [-0.25, -0.2) is 9.86 Å². The lowest BCUT2D eigenvalue weighted by Gasteiger charge is -2.23. The maximum Gasteiger partial charge on any atom is 0.329 e. The second-order valence-corrected chi connectivity index (χ2v) is 2.65. The highest BCUT2D eigenvalue weighted by molar-refractivity contribution is 5.76. The predicted molar refractivity (Wildman–Crippen MR) is 40.6 cm³/mol. The van der Waals surface area contributed by atoms with Crippen LogP contribution in [-0.4, -0.2) is 33.8 Å². The van der Waals surface area contributed by atoms with Crippen LogP contribution in [0.5, 0.6) is 0 Å². The molecule has 2 atom stereocenters. The summed E-state index contributed by atoms with van der Waals surface area (Å²) < 4.78 is 0. The van der Waals surface area contributed by atoms with Crippen LogP contribution in [0.3, 0.4) is 0 Å². The van der Waals surface area contributed by atoms with Crippen LogP contribution in [0, 0.1) is 5.92 Å². The molecule has 12 heavy (non-hydrogen) atoms. The van der Waals surface area contributed by atoms with Crippen molar-refractivity contribution in [3.8, 4) is 0 Å². The number of carbonyl (C=O) groups excluding carboxylic acids is 1. The van der Waals surface area contributed by atoms with Gasteiger partial charge in [-0.1, -0.05) is 20.3 Å². The summed E-state index contributed by atoms with van der Waals surface area (Å²) in [5.41, 5.74) is 0. The van der Waals surface area contributed by atoms with Gasteiger partial charge in [0.25, 0.3) is 0 Å². The van der Waals surface area contributed by atoms with Crippen LogP contribution < -0.4 is 0 Å². The average molecular weight is 175 g/mol. The molecule has 0 aromatic carbocycles. The fourth-order valence-electron chi connectivity index (χ4n) is 0.906. The molecule has 0 aliphatic rings. The maximum absolute atomic E-state index is 10.5. The van der Waals surface area contributed by atoms with Crippen LogP contribution in [0.1, 0.15) is 20.3 Å². The van der Waals surface area contributed by atoms with Gasteiger partial charge in [-0.15, -0.1) is 0 Å². The lowest BCUT2D eigenvalue weighted by molar-refractivity contribution is -0.180. The zero-order valence-corrected chi connectivity index (χ0v) is 7.10. The summed E-state index contributed by atoms with van der Waals surface area (Å²) in [6.07, 6.45) is 0.687. The Balaban J connectivity index is 4.42. The third kappa shape index (κ3) is 2.50. The molecule has 0 rings (SSSR count). The fourth-order valence-corrected chi connectivity index (χ4v) is 0.906. The molecule has 0 spiro atoms. The molecule has 0 aliphatic heterocycles. The molecule has 0 aromatic rings. The van der Waals surface area contributed by atoms with E-state index in [9.17, 15) is 9.59 Å². The SMILES string of the molecule is CCC(C)C(C(=O)O)N(O)C=O. The van der Waals surface area contributed by atoms with Crippen LogP contribution >= 0.6 is 0 Å². The Labute approximate surface area is 70.6 Å². The van der Waals surface area contributed by atoms with Crippen molar-refractivity contribution in [3.05, 3.63) is 0 Å². The summed E-state index contributed by atoms with van der Waals surface area (Å²) in [5, 5.41) is 17.7. The molecule has 70 valence electrons. The second-order valence-electron chi connectivity index (χ2n) is 2.65. The van der Waals surface area contributed by atoms with Gasteiger partial charge in [-0.3, -0.25) is 10.0 Å². The highest BCUT2D eigenvalue weighted by Gasteiger charge is 2.28. The highest BCUT2D eigenvalue weighted by atomic mass is 16.5. The Bertz CT molecular complexity index is 171. The van der Waals surface area contributed by atoms with Gasteiger partial charge < -0.3 is 5.11 Å². The van der Waals surface area contributed by atoms with E-state index in [0.29, 0.717) is 6.42 Å². The summed E-state index contributed by atoms with van der Waals surface area (Å²) in [4.78, 5) is 20.6. The smallest absolute Gasteiger partial charge is 0.329 e. The van der Waals surface area contributed by atoms with Crippen molar-refractivity contribution >= 4 is 12.4 Å². The molecule has 2 N–H and O–H groups in total. The van der Waals surface area contributed by atoms with Crippen molar-refractivity contribution < 1.29 is 19.9 Å². The number of rotatable bonds is 5. The molecule has 1 amide bonds. The summed E-state index contributed by atoms with van der Waals surface area (Å²) in [6, 6.07) is -1.15. The molecule has 0 saturated carbocycles. The van der Waals surface area contributed by atoms with E-state index in [-0.39, 0.29) is 17.4 Å². The van der Waals surface area contributed by atoms with Gasteiger partial charge in [0.2, 0.25) is 6.41 Å². The number of hydrogen-bond acceptors (Lipinski definition) is 3. The molecular weight excluding hydrogens is 162 g/mol. The van der Waals surface area contributed by atoms with Gasteiger partial charge in [0.1, 0.15) is 0 Å². The number of amides is 1. The summed E-state index contributed by atoms with van der Waals surface area (Å²) in [7, 11) is 0. The van der Waals surface area contributed by atoms with E-state index in [0.717, 1.165) is 0 Å². The third-order valence-corrected chi connectivity index (χ3v) is 1.83. The maximum atomic E-state index is 10.5. The molecule has 0 saturated heterocycles. The van der Waals surface area contributed by atoms with E-state index in [2.05, 4.69) is 0 Å². The Morgan fingerprint density at radius 1 is 1.67 bits per heavy atom. The predicted octanol–water partition coefficient (Wildman–Crippen LogP) is 0.333. The lowest BCUT2D eigenvalue weighted by atomic mass is 9.99. The molecule has 5 nitrogen and oxygen atoms in total. The van der Waals surface area contributed by atoms with E-state index < -0.39 is 12.0 Å². The zero-order chi connectivity index (χ0) is 9.72. The van der Waals surface area contributed by atoms with Crippen LogP contribution in [0.15, 0.2) is 0 Å². The largest absolute Gasteiger partial charge is 0.480 e. The molecular formula is C7H13NO4. The third-order valence-electron chi connectivity index (χ3n) is 1.83. The molecule has 0 fully saturated rings. The first-order valence-electron chi connectivity index (χ1n) is 3.69. The molecule has 0 bridgehead atoms. The minimum absolute atomic E-state index is 0.102. The van der Waals surface area contributed by atoms with E-state index in [4.69, 9.17) is 10.3 Å². The van der Waals surface area contributed by atoms with Crippen molar-refractivity contribution in [1.82, 2.24) is 5.06 Å². The second kappa shape index (κ2) is 4.71. The minimum atomic E-state index is -1.20. The minimum Gasteiger partial charge on any atom is -0.480 e. The van der Waals surface area contributed by atoms with Crippen LogP contribution in [0.4, 0.5) is 0 Å². The van der Waals surface area contributed by atoms with Gasteiger partial charge in [-0.05, 0) is 5.92 Å². The van der Waals surface area contributed by atoms with Crippen molar-refractivity contribution in [1.29, 1.82) is 0 Å². The number of aliphatic carboxylic acids is 1. The summed E-state index contributed by atoms with van der Waals surface area (Å²) >= 11 is 0. The number of hydrogen-bond donors (Lipinski definition) is 2. The molecule has 0 aliphatic carbocycles. The quantitative estimate of drug-likeness (QED) is 0.358. The number of carboxylic acid groups (broad SMARTS) is 1. The summed E-state index contributed by atoms with van der Waals surface area (Å²) in [6.45, 7) is 3.45. The average Bonchev–Trinajstić information content (AvgIpc) is 2.03. The summed E-state index contributed by atoms with van der Waals surface area (Å²) in [5.74, 6) is -1.46. The van der Waals surface area contributed by atoms with Gasteiger partial charge in [0, 0.05) is 0 Å². The van der Waals surface area contributed by atoms with Gasteiger partial charge in [0.15, 0.2) is 6.04 Å². The highest BCUT2D eigenvalue weighted by Crippen LogP contribution is 2.11. The van der Waals surface area contributed by atoms with Crippen LogP contribution in [-0.2, 0) is 9.59 Å². The Hall–Kier alpha value is -1.10. The van der Waals surface area contributed by atoms with Crippen molar-refractivity contribution in [3.63, 3.8) is 0 Å². The molecule has 0 aromatic heterocycles. The van der Waals surface area contributed by atoms with E-state index in [1.54, 1.807) is 13.8 Å². The van der Waals surface area contributed by atoms with Crippen LogP contribution in [0.2, 0.25) is 0 Å². The zero-order valence-electron chi connectivity index (χ0n) is 7.10. The van der Waals surface area contributed by atoms with Crippen molar-refractivity contribution in [2.75, 3.05) is 0 Å². The van der Waals surface area contributed by atoms with Gasteiger partial charge in [-0.2, -0.15) is 0 Å². The van der Waals surface area contributed by atoms with Crippen LogP contribution in [0.25, 0.3) is 0 Å².